The molecule has 94 valence electrons. The van der Waals surface area contributed by atoms with Crippen LogP contribution in [-0.4, -0.2) is 18.6 Å². The van der Waals surface area contributed by atoms with Gasteiger partial charge in [0.25, 0.3) is 5.91 Å². The summed E-state index contributed by atoms with van der Waals surface area (Å²) in [5, 5.41) is 2.78. The summed E-state index contributed by atoms with van der Waals surface area (Å²) in [5.41, 5.74) is 7.17. The van der Waals surface area contributed by atoms with Crippen LogP contribution in [-0.2, 0) is 9.53 Å². The summed E-state index contributed by atoms with van der Waals surface area (Å²) in [5.74, 6) is -0.219. The maximum Gasteiger partial charge on any atom is 0.256 e. The van der Waals surface area contributed by atoms with Gasteiger partial charge in [-0.2, -0.15) is 0 Å². The molecule has 0 aliphatic carbocycles. The highest BCUT2D eigenvalue weighted by molar-refractivity contribution is 9.10. The molecule has 0 aliphatic heterocycles. The van der Waals surface area contributed by atoms with E-state index in [4.69, 9.17) is 10.5 Å². The Morgan fingerprint density at radius 2 is 2.06 bits per heavy atom. The highest BCUT2D eigenvalue weighted by Crippen LogP contribution is 2.28. The molecule has 0 saturated carbocycles. The minimum atomic E-state index is -0.876. The van der Waals surface area contributed by atoms with E-state index in [1.54, 1.807) is 19.9 Å². The van der Waals surface area contributed by atoms with E-state index >= 15 is 0 Å². The number of amides is 1. The fraction of sp³-hybridized carbons (Fsp3) is 0.417. The SMILES string of the molecule is COC(C)(C)C(=O)Nc1cc(N)c(C)cc1Br. The van der Waals surface area contributed by atoms with E-state index < -0.39 is 5.60 Å². The Labute approximate surface area is 110 Å². The molecule has 0 radical (unpaired) electrons. The zero-order valence-electron chi connectivity index (χ0n) is 10.4. The monoisotopic (exact) mass is 300 g/mol. The number of carbonyl (C=O) groups excluding carboxylic acids is 1. The molecule has 5 heteroatoms. The van der Waals surface area contributed by atoms with E-state index in [0.717, 1.165) is 10.0 Å². The second-order valence-corrected chi connectivity index (χ2v) is 5.21. The Balaban J connectivity index is 2.97. The van der Waals surface area contributed by atoms with Crippen molar-refractivity contribution in [1.29, 1.82) is 0 Å². The number of nitrogen functional groups attached to an aromatic ring is 1. The van der Waals surface area contributed by atoms with Gasteiger partial charge in [0.2, 0.25) is 0 Å². The van der Waals surface area contributed by atoms with Gasteiger partial charge < -0.3 is 15.8 Å². The van der Waals surface area contributed by atoms with Crippen molar-refractivity contribution in [2.24, 2.45) is 0 Å². The van der Waals surface area contributed by atoms with Gasteiger partial charge in [-0.25, -0.2) is 0 Å². The molecule has 1 aromatic rings. The van der Waals surface area contributed by atoms with Crippen molar-refractivity contribution in [1.82, 2.24) is 0 Å². The zero-order valence-corrected chi connectivity index (χ0v) is 12.0. The van der Waals surface area contributed by atoms with E-state index in [1.165, 1.54) is 7.11 Å². The van der Waals surface area contributed by atoms with Crippen molar-refractivity contribution >= 4 is 33.2 Å². The van der Waals surface area contributed by atoms with Gasteiger partial charge in [0.05, 0.1) is 5.69 Å². The maximum atomic E-state index is 11.9. The number of hydrogen-bond donors (Lipinski definition) is 2. The van der Waals surface area contributed by atoms with Gasteiger partial charge in [-0.05, 0) is 54.4 Å². The molecule has 17 heavy (non-hydrogen) atoms. The van der Waals surface area contributed by atoms with Gasteiger partial charge in [-0.1, -0.05) is 0 Å². The fourth-order valence-corrected chi connectivity index (χ4v) is 1.71. The summed E-state index contributed by atoms with van der Waals surface area (Å²) in [7, 11) is 1.50. The molecule has 0 saturated heterocycles. The summed E-state index contributed by atoms with van der Waals surface area (Å²) in [6.07, 6.45) is 0. The summed E-state index contributed by atoms with van der Waals surface area (Å²) < 4.78 is 5.90. The topological polar surface area (TPSA) is 64.3 Å². The van der Waals surface area contributed by atoms with Crippen molar-refractivity contribution in [3.8, 4) is 0 Å². The molecule has 1 amide bonds. The highest BCUT2D eigenvalue weighted by atomic mass is 79.9. The number of aryl methyl sites for hydroxylation is 1. The molecule has 0 atom stereocenters. The minimum absolute atomic E-state index is 0.219. The standard InChI is InChI=1S/C12H17BrN2O2/c1-7-5-8(13)10(6-9(7)14)15-11(16)12(2,3)17-4/h5-6H,14H2,1-4H3,(H,15,16). The summed E-state index contributed by atoms with van der Waals surface area (Å²) in [6, 6.07) is 3.59. The first kappa shape index (κ1) is 14.0. The molecule has 0 spiro atoms. The third kappa shape index (κ3) is 3.20. The van der Waals surface area contributed by atoms with Crippen LogP contribution in [0.3, 0.4) is 0 Å². The molecule has 4 nitrogen and oxygen atoms in total. The smallest absolute Gasteiger partial charge is 0.256 e. The van der Waals surface area contributed by atoms with Gasteiger partial charge in [-0.3, -0.25) is 4.79 Å². The molecule has 0 unspecified atom stereocenters. The number of hydrogen-bond acceptors (Lipinski definition) is 3. The molecular formula is C12H17BrN2O2. The number of ether oxygens (including phenoxy) is 1. The predicted octanol–water partition coefficient (Wildman–Crippen LogP) is 2.70. The lowest BCUT2D eigenvalue weighted by Crippen LogP contribution is -2.38. The number of carbonyl (C=O) groups is 1. The maximum absolute atomic E-state index is 11.9. The Morgan fingerprint density at radius 3 is 2.59 bits per heavy atom. The number of nitrogens with two attached hydrogens (primary N) is 1. The van der Waals surface area contributed by atoms with Crippen molar-refractivity contribution in [3.63, 3.8) is 0 Å². The minimum Gasteiger partial charge on any atom is -0.398 e. The Hall–Kier alpha value is -1.07. The highest BCUT2D eigenvalue weighted by Gasteiger charge is 2.27. The Kier molecular flexibility index (Phi) is 4.16. The molecule has 0 heterocycles. The van der Waals surface area contributed by atoms with Crippen LogP contribution >= 0.6 is 15.9 Å². The first-order valence-corrected chi connectivity index (χ1v) is 5.99. The van der Waals surface area contributed by atoms with Gasteiger partial charge in [0.15, 0.2) is 0 Å². The molecule has 3 N–H and O–H groups in total. The molecular weight excluding hydrogens is 284 g/mol. The van der Waals surface area contributed by atoms with Crippen LogP contribution in [0.25, 0.3) is 0 Å². The van der Waals surface area contributed by atoms with Crippen molar-refractivity contribution in [2.45, 2.75) is 26.4 Å². The largest absolute Gasteiger partial charge is 0.398 e. The van der Waals surface area contributed by atoms with Crippen LogP contribution < -0.4 is 11.1 Å². The lowest BCUT2D eigenvalue weighted by molar-refractivity contribution is -0.133. The predicted molar refractivity (Wildman–Crippen MR) is 73.0 cm³/mol. The Morgan fingerprint density at radius 1 is 1.47 bits per heavy atom. The molecule has 0 fully saturated rings. The summed E-state index contributed by atoms with van der Waals surface area (Å²) in [4.78, 5) is 11.9. The van der Waals surface area contributed by atoms with E-state index in [9.17, 15) is 4.79 Å². The number of rotatable bonds is 3. The van der Waals surface area contributed by atoms with Gasteiger partial charge in [0.1, 0.15) is 5.60 Å². The number of benzene rings is 1. The number of nitrogens with one attached hydrogen (secondary N) is 1. The number of anilines is 2. The second-order valence-electron chi connectivity index (χ2n) is 4.36. The zero-order chi connectivity index (χ0) is 13.2. The van der Waals surface area contributed by atoms with Crippen LogP contribution in [0.1, 0.15) is 19.4 Å². The average molecular weight is 301 g/mol. The third-order valence-electron chi connectivity index (χ3n) is 2.66. The average Bonchev–Trinajstić information content (AvgIpc) is 2.25. The number of methoxy groups -OCH3 is 1. The van der Waals surface area contributed by atoms with Crippen LogP contribution in [0.15, 0.2) is 16.6 Å². The van der Waals surface area contributed by atoms with Crippen molar-refractivity contribution in [3.05, 3.63) is 22.2 Å². The lowest BCUT2D eigenvalue weighted by atomic mass is 10.1. The number of halogens is 1. The van der Waals surface area contributed by atoms with Crippen molar-refractivity contribution < 1.29 is 9.53 Å². The van der Waals surface area contributed by atoms with Crippen molar-refractivity contribution in [2.75, 3.05) is 18.2 Å². The summed E-state index contributed by atoms with van der Waals surface area (Å²) in [6.45, 7) is 5.31. The second kappa shape index (κ2) is 5.06. The van der Waals surface area contributed by atoms with Crippen LogP contribution in [0.2, 0.25) is 0 Å². The fourth-order valence-electron chi connectivity index (χ4n) is 1.15. The van der Waals surface area contributed by atoms with E-state index in [2.05, 4.69) is 21.2 Å². The quantitative estimate of drug-likeness (QED) is 0.844. The molecule has 0 bridgehead atoms. The Bertz CT molecular complexity index is 444. The normalized spacial score (nSPS) is 11.4. The first-order chi connectivity index (χ1) is 7.77. The molecule has 0 aliphatic rings. The van der Waals surface area contributed by atoms with Crippen LogP contribution in [0.4, 0.5) is 11.4 Å². The van der Waals surface area contributed by atoms with E-state index in [-0.39, 0.29) is 5.91 Å². The van der Waals surface area contributed by atoms with E-state index in [1.807, 2.05) is 13.0 Å². The molecule has 1 aromatic carbocycles. The third-order valence-corrected chi connectivity index (χ3v) is 3.32. The van der Waals surface area contributed by atoms with Crippen LogP contribution in [0, 0.1) is 6.92 Å². The van der Waals surface area contributed by atoms with Crippen LogP contribution in [0.5, 0.6) is 0 Å². The van der Waals surface area contributed by atoms with Gasteiger partial charge in [-0.15, -0.1) is 0 Å². The van der Waals surface area contributed by atoms with E-state index in [0.29, 0.717) is 11.4 Å². The summed E-state index contributed by atoms with van der Waals surface area (Å²) >= 11 is 3.39. The van der Waals surface area contributed by atoms with Gasteiger partial charge >= 0.3 is 0 Å². The molecule has 0 aromatic heterocycles. The first-order valence-electron chi connectivity index (χ1n) is 5.20. The van der Waals surface area contributed by atoms with Gasteiger partial charge in [0, 0.05) is 17.3 Å². The molecule has 1 rings (SSSR count). The lowest BCUT2D eigenvalue weighted by Gasteiger charge is -2.22.